The fourth-order valence-corrected chi connectivity index (χ4v) is 7.15. The molecule has 0 nitrogen and oxygen atoms in total. The van der Waals surface area contributed by atoms with Crippen LogP contribution in [0.4, 0.5) is 0 Å². The zero-order chi connectivity index (χ0) is 25.7. The Morgan fingerprint density at radius 3 is 1.43 bits per heavy atom. The van der Waals surface area contributed by atoms with Crippen molar-refractivity contribution in [3.8, 4) is 0 Å². The second-order valence-corrected chi connectivity index (χ2v) is 13.5. The molecule has 2 aliphatic rings. The van der Waals surface area contributed by atoms with E-state index in [4.69, 9.17) is 0 Å². The van der Waals surface area contributed by atoms with Crippen molar-refractivity contribution in [1.82, 2.24) is 0 Å². The van der Waals surface area contributed by atoms with E-state index in [1.807, 2.05) is 0 Å². The van der Waals surface area contributed by atoms with Gasteiger partial charge in [0.25, 0.3) is 0 Å². The van der Waals surface area contributed by atoms with Crippen LogP contribution in [0.3, 0.4) is 0 Å². The van der Waals surface area contributed by atoms with Crippen molar-refractivity contribution < 1.29 is 0 Å². The lowest BCUT2D eigenvalue weighted by molar-refractivity contribution is 0.0649. The summed E-state index contributed by atoms with van der Waals surface area (Å²) < 4.78 is 0. The van der Waals surface area contributed by atoms with E-state index in [2.05, 4.69) is 159 Å². The van der Waals surface area contributed by atoms with Gasteiger partial charge in [0, 0.05) is 16.7 Å². The fraction of sp³-hybridized carbons (Fsp3) is 0.429. The Morgan fingerprint density at radius 2 is 1.06 bits per heavy atom. The molecular weight excluding hydrogens is 420 g/mol. The summed E-state index contributed by atoms with van der Waals surface area (Å²) in [6, 6.07) is 22.6. The molecule has 0 saturated carbocycles. The second kappa shape index (κ2) is 8.51. The molecule has 0 amide bonds. The minimum absolute atomic E-state index is 0.0137. The van der Waals surface area contributed by atoms with Gasteiger partial charge in [0.15, 0.2) is 0 Å². The van der Waals surface area contributed by atoms with Gasteiger partial charge in [0.1, 0.15) is 0 Å². The molecule has 0 radical (unpaired) electrons. The van der Waals surface area contributed by atoms with Crippen LogP contribution in [0.1, 0.15) is 73.4 Å². The lowest BCUT2D eigenvalue weighted by Crippen LogP contribution is -2.58. The summed E-state index contributed by atoms with van der Waals surface area (Å²) in [5.41, 5.74) is 5.22. The number of hydrogen-bond acceptors (Lipinski definition) is 0. The largest absolute Gasteiger partial charge is 0.0763 e. The quantitative estimate of drug-likeness (QED) is 0.422. The first-order valence-corrected chi connectivity index (χ1v) is 13.2. The van der Waals surface area contributed by atoms with Crippen molar-refractivity contribution >= 4 is 0 Å². The van der Waals surface area contributed by atoms with E-state index in [0.29, 0.717) is 0 Å². The Bertz CT molecular complexity index is 1110. The first kappa shape index (κ1) is 25.5. The molecule has 0 heteroatoms. The van der Waals surface area contributed by atoms with Crippen LogP contribution in [-0.2, 0) is 5.41 Å². The van der Waals surface area contributed by atoms with Crippen LogP contribution in [0.25, 0.3) is 0 Å². The Labute approximate surface area is 214 Å². The molecule has 1 unspecified atom stereocenters. The SMILES string of the molecule is CC(C)(C)C1=C(C(C)(C)C)C(C(C)(C)C)(C(c2ccccc2)(c2ccccc2)C2C=CC=C2)C=C1. The molecule has 2 aliphatic carbocycles. The molecule has 35 heavy (non-hydrogen) atoms. The lowest BCUT2D eigenvalue weighted by atomic mass is 9.40. The van der Waals surface area contributed by atoms with Gasteiger partial charge in [-0.2, -0.15) is 0 Å². The van der Waals surface area contributed by atoms with Crippen LogP contribution in [0.15, 0.2) is 108 Å². The Balaban J connectivity index is 2.30. The highest BCUT2D eigenvalue weighted by atomic mass is 14.7. The molecule has 0 spiro atoms. The summed E-state index contributed by atoms with van der Waals surface area (Å²) >= 11 is 0. The molecule has 4 rings (SSSR count). The smallest absolute Gasteiger partial charge is 0.0433 e. The van der Waals surface area contributed by atoms with E-state index < -0.39 is 0 Å². The van der Waals surface area contributed by atoms with E-state index in [1.54, 1.807) is 5.57 Å². The summed E-state index contributed by atoms with van der Waals surface area (Å²) in [5, 5.41) is 0. The fourth-order valence-electron chi connectivity index (χ4n) is 7.15. The maximum absolute atomic E-state index is 2.61. The van der Waals surface area contributed by atoms with Crippen LogP contribution in [0.5, 0.6) is 0 Å². The van der Waals surface area contributed by atoms with Crippen molar-refractivity contribution in [2.45, 2.75) is 67.7 Å². The first-order valence-electron chi connectivity index (χ1n) is 13.2. The highest BCUT2D eigenvalue weighted by molar-refractivity contribution is 5.60. The molecule has 0 bridgehead atoms. The average Bonchev–Trinajstić information content (AvgIpc) is 3.45. The van der Waals surface area contributed by atoms with E-state index in [1.165, 1.54) is 16.7 Å². The Kier molecular flexibility index (Phi) is 6.20. The summed E-state index contributed by atoms with van der Waals surface area (Å²) in [6.45, 7) is 21.7. The molecule has 0 aromatic heterocycles. The lowest BCUT2D eigenvalue weighted by Gasteiger charge is -2.61. The average molecular weight is 465 g/mol. The van der Waals surface area contributed by atoms with E-state index >= 15 is 0 Å². The van der Waals surface area contributed by atoms with Crippen LogP contribution < -0.4 is 0 Å². The van der Waals surface area contributed by atoms with Gasteiger partial charge in [0.05, 0.1) is 0 Å². The molecule has 2 aromatic carbocycles. The third kappa shape index (κ3) is 3.81. The molecule has 1 atom stereocenters. The third-order valence-corrected chi connectivity index (χ3v) is 8.23. The molecule has 0 heterocycles. The summed E-state index contributed by atoms with van der Waals surface area (Å²) in [7, 11) is 0. The van der Waals surface area contributed by atoms with Crippen molar-refractivity contribution in [1.29, 1.82) is 0 Å². The van der Waals surface area contributed by atoms with Crippen molar-refractivity contribution in [2.24, 2.45) is 27.6 Å². The number of benzene rings is 2. The first-order chi connectivity index (χ1) is 16.3. The second-order valence-electron chi connectivity index (χ2n) is 13.5. The third-order valence-electron chi connectivity index (χ3n) is 8.23. The highest BCUT2D eigenvalue weighted by Gasteiger charge is 2.65. The van der Waals surface area contributed by atoms with E-state index in [-0.39, 0.29) is 33.0 Å². The minimum Gasteiger partial charge on any atom is -0.0763 e. The minimum atomic E-state index is -0.316. The number of hydrogen-bond donors (Lipinski definition) is 0. The van der Waals surface area contributed by atoms with Crippen LogP contribution >= 0.6 is 0 Å². The Morgan fingerprint density at radius 1 is 0.600 bits per heavy atom. The summed E-state index contributed by atoms with van der Waals surface area (Å²) in [4.78, 5) is 0. The highest BCUT2D eigenvalue weighted by Crippen LogP contribution is 2.70. The molecule has 0 saturated heterocycles. The van der Waals surface area contributed by atoms with Gasteiger partial charge in [-0.3, -0.25) is 0 Å². The predicted molar refractivity (Wildman–Crippen MR) is 152 cm³/mol. The summed E-state index contributed by atoms with van der Waals surface area (Å²) in [6.07, 6.45) is 14.4. The number of rotatable bonds is 4. The van der Waals surface area contributed by atoms with Gasteiger partial charge < -0.3 is 0 Å². The molecule has 0 fully saturated rings. The zero-order valence-electron chi connectivity index (χ0n) is 23.3. The standard InChI is InChI=1S/C35H44/c1-31(2,3)29-24-25-34(33(7,8)9,30(29)32(4,5)6)35(28-22-16-17-23-28,26-18-12-10-13-19-26)27-20-14-11-15-21-27/h10-25,28H,1-9H3. The van der Waals surface area contributed by atoms with Crippen molar-refractivity contribution in [2.75, 3.05) is 0 Å². The van der Waals surface area contributed by atoms with Gasteiger partial charge >= 0.3 is 0 Å². The van der Waals surface area contributed by atoms with Gasteiger partial charge in [0.2, 0.25) is 0 Å². The van der Waals surface area contributed by atoms with Crippen LogP contribution in [-0.4, -0.2) is 0 Å². The van der Waals surface area contributed by atoms with Gasteiger partial charge in [-0.15, -0.1) is 0 Å². The summed E-state index contributed by atoms with van der Waals surface area (Å²) in [5.74, 6) is 0.229. The maximum atomic E-state index is 2.61. The molecule has 2 aromatic rings. The number of allylic oxidation sites excluding steroid dienone is 8. The normalized spacial score (nSPS) is 21.4. The van der Waals surface area contributed by atoms with Gasteiger partial charge in [-0.25, -0.2) is 0 Å². The van der Waals surface area contributed by atoms with Crippen LogP contribution in [0.2, 0.25) is 0 Å². The van der Waals surface area contributed by atoms with Crippen LogP contribution in [0, 0.1) is 27.6 Å². The van der Waals surface area contributed by atoms with E-state index in [0.717, 1.165) is 0 Å². The monoisotopic (exact) mass is 464 g/mol. The van der Waals surface area contributed by atoms with Gasteiger partial charge in [-0.05, 0) is 38.5 Å². The van der Waals surface area contributed by atoms with Crippen molar-refractivity contribution in [3.05, 3.63) is 119 Å². The van der Waals surface area contributed by atoms with Crippen molar-refractivity contribution in [3.63, 3.8) is 0 Å². The maximum Gasteiger partial charge on any atom is 0.0433 e. The zero-order valence-corrected chi connectivity index (χ0v) is 23.3. The molecule has 184 valence electrons. The topological polar surface area (TPSA) is 0 Å². The molecule has 0 N–H and O–H groups in total. The van der Waals surface area contributed by atoms with Gasteiger partial charge in [-0.1, -0.05) is 159 Å². The Hall–Kier alpha value is -2.60. The van der Waals surface area contributed by atoms with E-state index in [9.17, 15) is 0 Å². The predicted octanol–water partition coefficient (Wildman–Crippen LogP) is 9.71. The molecular formula is C35H44. The molecule has 0 aliphatic heterocycles.